The Bertz CT molecular complexity index is 540. The quantitative estimate of drug-likeness (QED) is 0.568. The molecule has 4 N–H and O–H groups in total. The molecule has 0 fully saturated rings. The molecule has 6 heteroatoms. The monoisotopic (exact) mass is 249 g/mol. The first-order valence-electron chi connectivity index (χ1n) is 5.26. The van der Waals surface area contributed by atoms with Crippen LogP contribution in [-0.4, -0.2) is 5.91 Å². The maximum absolute atomic E-state index is 13.4. The summed E-state index contributed by atoms with van der Waals surface area (Å²) >= 11 is 0. The van der Waals surface area contributed by atoms with Crippen molar-refractivity contribution in [2.75, 3.05) is 5.43 Å². The van der Waals surface area contributed by atoms with Crippen molar-refractivity contribution in [2.24, 2.45) is 5.84 Å². The topological polar surface area (TPSA) is 80.3 Å². The van der Waals surface area contributed by atoms with Crippen LogP contribution in [0.4, 0.5) is 10.1 Å². The minimum atomic E-state index is -0.575. The number of anilines is 1. The Labute approximate surface area is 103 Å². The molecule has 0 bridgehead atoms. The number of carbonyl (C=O) groups is 1. The van der Waals surface area contributed by atoms with Crippen LogP contribution in [0.1, 0.15) is 15.9 Å². The van der Waals surface area contributed by atoms with E-state index < -0.39 is 11.7 Å². The molecule has 0 spiro atoms. The highest BCUT2D eigenvalue weighted by atomic mass is 19.1. The number of nitrogens with two attached hydrogens (primary N) is 1. The predicted molar refractivity (Wildman–Crippen MR) is 64.1 cm³/mol. The lowest BCUT2D eigenvalue weighted by atomic mass is 10.1. The van der Waals surface area contributed by atoms with Gasteiger partial charge < -0.3 is 15.2 Å². The Morgan fingerprint density at radius 2 is 2.22 bits per heavy atom. The molecule has 0 saturated carbocycles. The summed E-state index contributed by atoms with van der Waals surface area (Å²) < 4.78 is 18.3. The van der Waals surface area contributed by atoms with Gasteiger partial charge in [0.25, 0.3) is 5.91 Å². The van der Waals surface area contributed by atoms with Gasteiger partial charge in [-0.1, -0.05) is 6.07 Å². The van der Waals surface area contributed by atoms with Gasteiger partial charge in [0.15, 0.2) is 0 Å². The molecule has 0 unspecified atom stereocenters. The van der Waals surface area contributed by atoms with Crippen molar-refractivity contribution in [3.63, 3.8) is 0 Å². The van der Waals surface area contributed by atoms with Gasteiger partial charge >= 0.3 is 0 Å². The molecule has 0 aliphatic heterocycles. The van der Waals surface area contributed by atoms with E-state index in [9.17, 15) is 9.18 Å². The molecule has 18 heavy (non-hydrogen) atoms. The lowest BCUT2D eigenvalue weighted by molar-refractivity contribution is 0.0951. The van der Waals surface area contributed by atoms with E-state index in [0.717, 1.165) is 5.56 Å². The van der Waals surface area contributed by atoms with E-state index in [1.165, 1.54) is 30.7 Å². The molecule has 0 saturated heterocycles. The van der Waals surface area contributed by atoms with Crippen molar-refractivity contribution in [3.05, 3.63) is 53.7 Å². The van der Waals surface area contributed by atoms with Crippen LogP contribution < -0.4 is 16.6 Å². The lowest BCUT2D eigenvalue weighted by Gasteiger charge is -2.09. The predicted octanol–water partition coefficient (Wildman–Crippen LogP) is 1.63. The number of hydrogen-bond acceptors (Lipinski definition) is 4. The van der Waals surface area contributed by atoms with E-state index in [1.54, 1.807) is 6.07 Å². The maximum Gasteiger partial charge on any atom is 0.253 e. The normalized spacial score (nSPS) is 10.1. The van der Waals surface area contributed by atoms with Crippen LogP contribution in [0.15, 0.2) is 41.2 Å². The van der Waals surface area contributed by atoms with Gasteiger partial charge in [0.05, 0.1) is 23.8 Å². The summed E-state index contributed by atoms with van der Waals surface area (Å²) in [5.74, 6) is 4.21. The smallest absolute Gasteiger partial charge is 0.253 e. The van der Waals surface area contributed by atoms with E-state index >= 15 is 0 Å². The summed E-state index contributed by atoms with van der Waals surface area (Å²) in [6.07, 6.45) is 3.03. The Morgan fingerprint density at radius 1 is 1.39 bits per heavy atom. The minimum absolute atomic E-state index is 0.0257. The van der Waals surface area contributed by atoms with E-state index in [2.05, 4.69) is 10.7 Å². The number of hydrazine groups is 1. The van der Waals surface area contributed by atoms with Crippen LogP contribution in [0.5, 0.6) is 0 Å². The first-order chi connectivity index (χ1) is 8.72. The number of benzene rings is 1. The molecular weight excluding hydrogens is 237 g/mol. The Morgan fingerprint density at radius 3 is 2.89 bits per heavy atom. The number of halogens is 1. The van der Waals surface area contributed by atoms with Crippen LogP contribution in [0.2, 0.25) is 0 Å². The first-order valence-corrected chi connectivity index (χ1v) is 5.26. The number of nitrogen functional groups attached to an aromatic ring is 1. The van der Waals surface area contributed by atoms with Gasteiger partial charge in [-0.05, 0) is 18.2 Å². The zero-order valence-corrected chi connectivity index (χ0v) is 9.44. The lowest BCUT2D eigenvalue weighted by Crippen LogP contribution is -2.25. The van der Waals surface area contributed by atoms with Crippen molar-refractivity contribution in [2.45, 2.75) is 6.54 Å². The second-order valence-electron chi connectivity index (χ2n) is 3.62. The first kappa shape index (κ1) is 12.1. The highest BCUT2D eigenvalue weighted by molar-refractivity contribution is 5.99. The third kappa shape index (κ3) is 2.49. The third-order valence-electron chi connectivity index (χ3n) is 2.44. The second-order valence-corrected chi connectivity index (χ2v) is 3.62. The van der Waals surface area contributed by atoms with Gasteiger partial charge in [-0.25, -0.2) is 4.39 Å². The van der Waals surface area contributed by atoms with Crippen LogP contribution in [0.25, 0.3) is 0 Å². The molecule has 1 heterocycles. The summed E-state index contributed by atoms with van der Waals surface area (Å²) in [6.45, 7) is 0.301. The van der Waals surface area contributed by atoms with Crippen molar-refractivity contribution >= 4 is 11.6 Å². The number of nitrogens with one attached hydrogen (secondary N) is 2. The summed E-state index contributed by atoms with van der Waals surface area (Å²) in [7, 11) is 0. The molecule has 2 aromatic rings. The molecular formula is C12H12FN3O2. The molecule has 0 radical (unpaired) electrons. The molecule has 94 valence electrons. The molecule has 0 aliphatic carbocycles. The average molecular weight is 249 g/mol. The molecule has 1 aromatic carbocycles. The van der Waals surface area contributed by atoms with Crippen molar-refractivity contribution in [1.82, 2.24) is 5.32 Å². The number of rotatable bonds is 4. The molecule has 0 atom stereocenters. The maximum atomic E-state index is 13.4. The summed E-state index contributed by atoms with van der Waals surface area (Å²) in [5.41, 5.74) is 3.13. The van der Waals surface area contributed by atoms with Gasteiger partial charge in [-0.2, -0.15) is 0 Å². The Hall–Kier alpha value is -2.34. The highest BCUT2D eigenvalue weighted by Gasteiger charge is 2.13. The van der Waals surface area contributed by atoms with Gasteiger partial charge in [-0.3, -0.25) is 10.6 Å². The molecule has 2 rings (SSSR count). The Kier molecular flexibility index (Phi) is 3.59. The second kappa shape index (κ2) is 5.33. The van der Waals surface area contributed by atoms with Crippen LogP contribution in [0.3, 0.4) is 0 Å². The zero-order chi connectivity index (χ0) is 13.0. The highest BCUT2D eigenvalue weighted by Crippen LogP contribution is 2.18. The number of amides is 1. The fourth-order valence-electron chi connectivity index (χ4n) is 1.53. The zero-order valence-electron chi connectivity index (χ0n) is 9.44. The fourth-order valence-corrected chi connectivity index (χ4v) is 1.53. The molecule has 5 nitrogen and oxygen atoms in total. The Balaban J connectivity index is 2.11. The third-order valence-corrected chi connectivity index (χ3v) is 2.44. The van der Waals surface area contributed by atoms with E-state index in [4.69, 9.17) is 10.3 Å². The van der Waals surface area contributed by atoms with Gasteiger partial charge in [0, 0.05) is 12.1 Å². The van der Waals surface area contributed by atoms with Gasteiger partial charge in [0.1, 0.15) is 5.82 Å². The van der Waals surface area contributed by atoms with E-state index in [0.29, 0.717) is 6.54 Å². The van der Waals surface area contributed by atoms with Gasteiger partial charge in [0.2, 0.25) is 0 Å². The van der Waals surface area contributed by atoms with Crippen LogP contribution >= 0.6 is 0 Å². The average Bonchev–Trinajstić information content (AvgIpc) is 2.88. The number of furan rings is 1. The number of carbonyl (C=O) groups excluding carboxylic acids is 1. The standard InChI is InChI=1S/C12H12FN3O2/c13-10-3-1-2-9(11(10)16-14)12(17)15-6-8-4-5-18-7-8/h1-5,7,16H,6,14H2,(H,15,17). The minimum Gasteiger partial charge on any atom is -0.472 e. The molecule has 0 aliphatic rings. The summed E-state index contributed by atoms with van der Waals surface area (Å²) in [6, 6.07) is 5.89. The van der Waals surface area contributed by atoms with Crippen molar-refractivity contribution < 1.29 is 13.6 Å². The van der Waals surface area contributed by atoms with Crippen LogP contribution in [0, 0.1) is 5.82 Å². The number of hydrogen-bond donors (Lipinski definition) is 3. The fraction of sp³-hybridized carbons (Fsp3) is 0.0833. The largest absolute Gasteiger partial charge is 0.472 e. The van der Waals surface area contributed by atoms with E-state index in [1.807, 2.05) is 0 Å². The van der Waals surface area contributed by atoms with Crippen molar-refractivity contribution in [3.8, 4) is 0 Å². The van der Waals surface area contributed by atoms with Gasteiger partial charge in [-0.15, -0.1) is 0 Å². The molecule has 1 amide bonds. The molecule has 1 aromatic heterocycles. The van der Waals surface area contributed by atoms with E-state index in [-0.39, 0.29) is 11.3 Å². The van der Waals surface area contributed by atoms with Crippen molar-refractivity contribution in [1.29, 1.82) is 0 Å². The number of para-hydroxylation sites is 1. The van der Waals surface area contributed by atoms with Crippen LogP contribution in [-0.2, 0) is 6.54 Å². The SMILES string of the molecule is NNc1c(F)cccc1C(=O)NCc1ccoc1. The summed E-state index contributed by atoms with van der Waals surface area (Å²) in [5, 5.41) is 2.64. The summed E-state index contributed by atoms with van der Waals surface area (Å²) in [4.78, 5) is 11.9.